The van der Waals surface area contributed by atoms with E-state index >= 15 is 0 Å². The number of hydrogen-bond donors (Lipinski definition) is 1. The molecule has 0 fully saturated rings. The van der Waals surface area contributed by atoms with Crippen molar-refractivity contribution < 1.29 is 14.3 Å². The van der Waals surface area contributed by atoms with E-state index < -0.39 is 0 Å². The first-order valence-electron chi connectivity index (χ1n) is 10.5. The van der Waals surface area contributed by atoms with Gasteiger partial charge in [-0.15, -0.1) is 11.3 Å². The summed E-state index contributed by atoms with van der Waals surface area (Å²) in [6.45, 7) is 5.23. The summed E-state index contributed by atoms with van der Waals surface area (Å²) in [4.78, 5) is 28.8. The minimum Gasteiger partial charge on any atom is -0.484 e. The van der Waals surface area contributed by atoms with Crippen LogP contribution in [0.2, 0.25) is 0 Å². The summed E-state index contributed by atoms with van der Waals surface area (Å²) in [5.41, 5.74) is 4.47. The van der Waals surface area contributed by atoms with E-state index in [0.29, 0.717) is 30.1 Å². The molecule has 6 heteroatoms. The standard InChI is InChI=1S/C25H26N2O3S/c1-3-18-7-9-20(10-8-18)30-16-24(28)26-22-6-4-5-21(17(22)2)25(29)27-13-11-23-19(15-27)12-14-31-23/h4-10,12,14H,3,11,13,15-16H2,1-2H3,(H,26,28). The second-order valence-electron chi connectivity index (χ2n) is 7.66. The van der Waals surface area contributed by atoms with Crippen LogP contribution in [-0.4, -0.2) is 29.9 Å². The number of aryl methyl sites for hydroxylation is 1. The molecule has 0 unspecified atom stereocenters. The van der Waals surface area contributed by atoms with Gasteiger partial charge in [0.1, 0.15) is 5.75 Å². The Hall–Kier alpha value is -3.12. The zero-order valence-electron chi connectivity index (χ0n) is 17.8. The summed E-state index contributed by atoms with van der Waals surface area (Å²) in [6, 6.07) is 15.3. The smallest absolute Gasteiger partial charge is 0.262 e. The number of rotatable bonds is 6. The van der Waals surface area contributed by atoms with Crippen LogP contribution in [0.3, 0.4) is 0 Å². The maximum absolute atomic E-state index is 13.1. The average molecular weight is 435 g/mol. The van der Waals surface area contributed by atoms with Crippen molar-refractivity contribution >= 4 is 28.8 Å². The predicted molar refractivity (Wildman–Crippen MR) is 124 cm³/mol. The quantitative estimate of drug-likeness (QED) is 0.604. The molecule has 4 rings (SSSR count). The predicted octanol–water partition coefficient (Wildman–Crippen LogP) is 4.83. The van der Waals surface area contributed by atoms with Crippen molar-refractivity contribution in [2.24, 2.45) is 0 Å². The van der Waals surface area contributed by atoms with Gasteiger partial charge in [0, 0.05) is 29.2 Å². The van der Waals surface area contributed by atoms with Crippen LogP contribution in [-0.2, 0) is 24.2 Å². The topological polar surface area (TPSA) is 58.6 Å². The first-order chi connectivity index (χ1) is 15.0. The van der Waals surface area contributed by atoms with Crippen molar-refractivity contribution in [3.63, 3.8) is 0 Å². The van der Waals surface area contributed by atoms with E-state index in [1.807, 2.05) is 48.2 Å². The summed E-state index contributed by atoms with van der Waals surface area (Å²) < 4.78 is 5.59. The number of hydrogen-bond acceptors (Lipinski definition) is 4. The number of carbonyl (C=O) groups is 2. The minimum absolute atomic E-state index is 0.00212. The number of ether oxygens (including phenoxy) is 1. The molecular weight excluding hydrogens is 408 g/mol. The van der Waals surface area contributed by atoms with E-state index in [2.05, 4.69) is 23.7 Å². The number of anilines is 1. The van der Waals surface area contributed by atoms with Crippen molar-refractivity contribution in [2.45, 2.75) is 33.2 Å². The van der Waals surface area contributed by atoms with Gasteiger partial charge in [-0.05, 0) is 72.2 Å². The zero-order chi connectivity index (χ0) is 21.8. The van der Waals surface area contributed by atoms with Gasteiger partial charge in [0.2, 0.25) is 0 Å². The van der Waals surface area contributed by atoms with Gasteiger partial charge in [0.25, 0.3) is 11.8 Å². The number of nitrogens with one attached hydrogen (secondary N) is 1. The molecule has 1 aliphatic rings. The van der Waals surface area contributed by atoms with Crippen molar-refractivity contribution in [1.29, 1.82) is 0 Å². The normalized spacial score (nSPS) is 12.9. The van der Waals surface area contributed by atoms with Crippen LogP contribution in [0, 0.1) is 6.92 Å². The largest absolute Gasteiger partial charge is 0.484 e. The molecule has 0 saturated carbocycles. The van der Waals surface area contributed by atoms with E-state index in [1.165, 1.54) is 16.0 Å². The van der Waals surface area contributed by atoms with E-state index in [0.717, 1.165) is 18.4 Å². The number of thiophene rings is 1. The van der Waals surface area contributed by atoms with Gasteiger partial charge in [-0.2, -0.15) is 0 Å². The SMILES string of the molecule is CCc1ccc(OCC(=O)Nc2cccc(C(=O)N3CCc4sccc4C3)c2C)cc1. The third-order valence-electron chi connectivity index (χ3n) is 5.63. The molecule has 1 N–H and O–H groups in total. The maximum atomic E-state index is 13.1. The fraction of sp³-hybridized carbons (Fsp3) is 0.280. The molecule has 5 nitrogen and oxygen atoms in total. The Kier molecular flexibility index (Phi) is 6.37. The van der Waals surface area contributed by atoms with Crippen LogP contribution in [0.1, 0.15) is 38.8 Å². The van der Waals surface area contributed by atoms with Crippen molar-refractivity contribution in [2.75, 3.05) is 18.5 Å². The summed E-state index contributed by atoms with van der Waals surface area (Å²) >= 11 is 1.75. The van der Waals surface area contributed by atoms with E-state index in [4.69, 9.17) is 4.74 Å². The molecule has 160 valence electrons. The van der Waals surface area contributed by atoms with Crippen LogP contribution in [0.5, 0.6) is 5.75 Å². The third-order valence-corrected chi connectivity index (χ3v) is 6.66. The maximum Gasteiger partial charge on any atom is 0.262 e. The molecule has 0 saturated heterocycles. The summed E-state index contributed by atoms with van der Waals surface area (Å²) in [6.07, 6.45) is 1.85. The molecule has 0 bridgehead atoms. The minimum atomic E-state index is -0.256. The van der Waals surface area contributed by atoms with Gasteiger partial charge >= 0.3 is 0 Å². The molecule has 2 heterocycles. The van der Waals surface area contributed by atoms with Gasteiger partial charge < -0.3 is 15.0 Å². The molecule has 2 aromatic carbocycles. The highest BCUT2D eigenvalue weighted by atomic mass is 32.1. The van der Waals surface area contributed by atoms with Crippen molar-refractivity contribution in [1.82, 2.24) is 4.90 Å². The Morgan fingerprint density at radius 2 is 1.94 bits per heavy atom. The molecule has 0 spiro atoms. The molecule has 0 atom stereocenters. The number of nitrogens with zero attached hydrogens (tertiary/aromatic N) is 1. The molecule has 2 amide bonds. The fourth-order valence-electron chi connectivity index (χ4n) is 3.75. The zero-order valence-corrected chi connectivity index (χ0v) is 18.6. The first kappa shape index (κ1) is 21.1. The monoisotopic (exact) mass is 434 g/mol. The van der Waals surface area contributed by atoms with Gasteiger partial charge in [-0.25, -0.2) is 0 Å². The van der Waals surface area contributed by atoms with Crippen molar-refractivity contribution in [3.05, 3.63) is 81.0 Å². The van der Waals surface area contributed by atoms with Crippen molar-refractivity contribution in [3.8, 4) is 5.75 Å². The number of fused-ring (bicyclic) bond motifs is 1. The summed E-state index contributed by atoms with van der Waals surface area (Å²) in [5, 5.41) is 4.96. The van der Waals surface area contributed by atoms with Gasteiger partial charge in [0.05, 0.1) is 0 Å². The van der Waals surface area contributed by atoms with Crippen LogP contribution < -0.4 is 10.1 Å². The average Bonchev–Trinajstić information content (AvgIpc) is 3.27. The molecule has 3 aromatic rings. The molecule has 0 radical (unpaired) electrons. The third kappa shape index (κ3) is 4.80. The van der Waals surface area contributed by atoms with E-state index in [1.54, 1.807) is 17.4 Å². The van der Waals surface area contributed by atoms with E-state index in [-0.39, 0.29) is 18.4 Å². The lowest BCUT2D eigenvalue weighted by Crippen LogP contribution is -2.35. The Morgan fingerprint density at radius 3 is 2.71 bits per heavy atom. The number of amides is 2. The van der Waals surface area contributed by atoms with Crippen LogP contribution in [0.15, 0.2) is 53.9 Å². The second kappa shape index (κ2) is 9.35. The molecule has 1 aromatic heterocycles. The fourth-order valence-corrected chi connectivity index (χ4v) is 4.64. The lowest BCUT2D eigenvalue weighted by Gasteiger charge is -2.28. The summed E-state index contributed by atoms with van der Waals surface area (Å²) in [5.74, 6) is 0.400. The van der Waals surface area contributed by atoms with Gasteiger partial charge in [-0.1, -0.05) is 25.1 Å². The molecular formula is C25H26N2O3S. The van der Waals surface area contributed by atoms with Crippen LogP contribution in [0.4, 0.5) is 5.69 Å². The Morgan fingerprint density at radius 1 is 1.13 bits per heavy atom. The van der Waals surface area contributed by atoms with Gasteiger partial charge in [-0.3, -0.25) is 9.59 Å². The molecule has 0 aliphatic carbocycles. The lowest BCUT2D eigenvalue weighted by molar-refractivity contribution is -0.118. The van der Waals surface area contributed by atoms with Gasteiger partial charge in [0.15, 0.2) is 6.61 Å². The Labute approximate surface area is 186 Å². The van der Waals surface area contributed by atoms with Crippen LogP contribution in [0.25, 0.3) is 0 Å². The highest BCUT2D eigenvalue weighted by molar-refractivity contribution is 7.10. The molecule has 31 heavy (non-hydrogen) atoms. The number of carbonyl (C=O) groups excluding carboxylic acids is 2. The second-order valence-corrected chi connectivity index (χ2v) is 8.66. The molecule has 1 aliphatic heterocycles. The number of benzene rings is 2. The Balaban J connectivity index is 1.40. The first-order valence-corrected chi connectivity index (χ1v) is 11.4. The summed E-state index contributed by atoms with van der Waals surface area (Å²) in [7, 11) is 0. The highest BCUT2D eigenvalue weighted by Crippen LogP contribution is 2.27. The Bertz CT molecular complexity index is 1090. The van der Waals surface area contributed by atoms with E-state index in [9.17, 15) is 9.59 Å². The van der Waals surface area contributed by atoms with Crippen LogP contribution >= 0.6 is 11.3 Å². The highest BCUT2D eigenvalue weighted by Gasteiger charge is 2.24. The lowest BCUT2D eigenvalue weighted by atomic mass is 10.0.